The Labute approximate surface area is 179 Å². The predicted octanol–water partition coefficient (Wildman–Crippen LogP) is 6.07. The van der Waals surface area contributed by atoms with Gasteiger partial charge >= 0.3 is 90.1 Å². The molecule has 4 rings (SSSR count). The molecule has 0 amide bonds. The van der Waals surface area contributed by atoms with Crippen LogP contribution < -0.4 is 5.32 Å². The molecule has 0 radical (unpaired) electrons. The monoisotopic (exact) mass is 405 g/mol. The Morgan fingerprint density at radius 3 is 1.82 bits per heavy atom. The van der Waals surface area contributed by atoms with Crippen molar-refractivity contribution in [2.75, 3.05) is 0 Å². The quantitative estimate of drug-likeness (QED) is 0.419. The number of hydrogen-bond donors (Lipinski definition) is 1. The largest absolute Gasteiger partial charge is 0.0623 e. The van der Waals surface area contributed by atoms with Crippen LogP contribution in [0.25, 0.3) is 0 Å². The van der Waals surface area contributed by atoms with Crippen molar-refractivity contribution in [3.05, 3.63) is 107 Å². The van der Waals surface area contributed by atoms with Crippen LogP contribution in [0.4, 0.5) is 0 Å². The van der Waals surface area contributed by atoms with Gasteiger partial charge in [-0.05, 0) is 19.1 Å². The fourth-order valence-electron chi connectivity index (χ4n) is 2.47. The van der Waals surface area contributed by atoms with E-state index in [2.05, 4.69) is 36.5 Å². The maximum absolute atomic E-state index is 5.61. The second kappa shape index (κ2) is 13.0. The molecular weight excluding hydrogens is 381 g/mol. The summed E-state index contributed by atoms with van der Waals surface area (Å²) in [7, 11) is 0. The van der Waals surface area contributed by atoms with Crippen molar-refractivity contribution in [1.29, 1.82) is 0 Å². The van der Waals surface area contributed by atoms with Gasteiger partial charge < -0.3 is 0 Å². The molecule has 1 nitrogen and oxygen atoms in total. The molecule has 1 aliphatic rings. The van der Waals surface area contributed by atoms with E-state index in [0.717, 1.165) is 29.2 Å². The topological polar surface area (TPSA) is 12.0 Å². The molecule has 28 heavy (non-hydrogen) atoms. The summed E-state index contributed by atoms with van der Waals surface area (Å²) in [5, 5.41) is 4.20. The molecule has 0 bridgehead atoms. The van der Waals surface area contributed by atoms with Gasteiger partial charge in [-0.15, -0.1) is 0 Å². The Balaban J connectivity index is 0.000000169. The molecule has 0 saturated carbocycles. The molecule has 1 N–H and O–H groups in total. The third kappa shape index (κ3) is 9.64. The Morgan fingerprint density at radius 2 is 1.36 bits per heavy atom. The number of thiocarbonyl (C=S) groups is 1. The van der Waals surface area contributed by atoms with Crippen molar-refractivity contribution >= 4 is 41.1 Å². The number of hydrogen-bond acceptors (Lipinski definition) is 2. The van der Waals surface area contributed by atoms with E-state index in [1.807, 2.05) is 73.7 Å². The Kier molecular flexibility index (Phi) is 10.3. The summed E-state index contributed by atoms with van der Waals surface area (Å²) in [6.45, 7) is 5.02. The summed E-state index contributed by atoms with van der Waals surface area (Å²) in [5.74, 6) is 0. The molecule has 142 valence electrons. The molecule has 1 heterocycles. The molecule has 0 fully saturated rings. The van der Waals surface area contributed by atoms with Crippen LogP contribution >= 0.6 is 23.8 Å². The fraction of sp³-hybridized carbons (Fsp3) is 0.167. The first-order valence-electron chi connectivity index (χ1n) is 9.37. The third-order valence-corrected chi connectivity index (χ3v) is 4.59. The van der Waals surface area contributed by atoms with Crippen LogP contribution in [0.1, 0.15) is 24.0 Å². The molecule has 0 unspecified atom stereocenters. The number of rotatable bonds is 3. The average molecular weight is 406 g/mol. The summed E-state index contributed by atoms with van der Waals surface area (Å²) in [6, 6.07) is 30.2. The zero-order valence-corrected chi connectivity index (χ0v) is 17.7. The van der Waals surface area contributed by atoms with Crippen LogP contribution in [0.5, 0.6) is 0 Å². The van der Waals surface area contributed by atoms with Crippen LogP contribution in [0.2, 0.25) is 5.02 Å². The van der Waals surface area contributed by atoms with Crippen molar-refractivity contribution in [2.45, 2.75) is 26.3 Å². The summed E-state index contributed by atoms with van der Waals surface area (Å²) in [5.41, 5.74) is 3.83. The summed E-state index contributed by atoms with van der Waals surface area (Å²) >= 11 is 10.7. The number of benzene rings is 3. The molecule has 4 heteroatoms. The fourth-order valence-corrected chi connectivity index (χ4v) is 2.84. The van der Waals surface area contributed by atoms with Gasteiger partial charge in [0.2, 0.25) is 0 Å². The molecule has 0 atom stereocenters. The van der Waals surface area contributed by atoms with E-state index in [9.17, 15) is 0 Å². The minimum atomic E-state index is 0.801. The van der Waals surface area contributed by atoms with Crippen LogP contribution in [-0.2, 0) is 6.54 Å². The predicted molar refractivity (Wildman–Crippen MR) is 129 cm³/mol. The van der Waals surface area contributed by atoms with Gasteiger partial charge in [-0.1, -0.05) is 65.7 Å². The molecular formula is C24H25BClNS. The first-order chi connectivity index (χ1) is 13.6. The Morgan fingerprint density at radius 1 is 0.821 bits per heavy atom. The van der Waals surface area contributed by atoms with Gasteiger partial charge in [0.1, 0.15) is 0 Å². The average Bonchev–Trinajstić information content (AvgIpc) is 3.17. The van der Waals surface area contributed by atoms with E-state index >= 15 is 0 Å². The van der Waals surface area contributed by atoms with Crippen LogP contribution in [0.3, 0.4) is 0 Å². The smallest absolute Gasteiger partial charge is 0.0623 e. The van der Waals surface area contributed by atoms with E-state index in [4.69, 9.17) is 23.8 Å². The number of aryl methyl sites for hydroxylation is 1. The molecule has 0 aromatic heterocycles. The molecule has 1 aliphatic heterocycles. The SMILES string of the molecule is Cc1ccc(Cl)cc1.S=C1B=C(NCc2ccccc2)CC1.c1ccccc1. The zero-order valence-electron chi connectivity index (χ0n) is 16.1. The van der Waals surface area contributed by atoms with Gasteiger partial charge in [0.25, 0.3) is 0 Å². The summed E-state index contributed by atoms with van der Waals surface area (Å²) in [4.78, 5) is 0. The first kappa shape index (κ1) is 22.1. The van der Waals surface area contributed by atoms with Crippen molar-refractivity contribution in [3.8, 4) is 0 Å². The van der Waals surface area contributed by atoms with Gasteiger partial charge in [0.15, 0.2) is 0 Å². The first-order valence-corrected chi connectivity index (χ1v) is 10.2. The van der Waals surface area contributed by atoms with Gasteiger partial charge in [0, 0.05) is 5.02 Å². The number of halogens is 1. The Hall–Kier alpha value is -2.23. The van der Waals surface area contributed by atoms with Crippen molar-refractivity contribution in [3.63, 3.8) is 0 Å². The Bertz CT molecular complexity index is 801. The van der Waals surface area contributed by atoms with Gasteiger partial charge in [-0.2, -0.15) is 0 Å². The third-order valence-electron chi connectivity index (χ3n) is 4.02. The summed E-state index contributed by atoms with van der Waals surface area (Å²) < 4.78 is 1.07. The molecule has 0 spiro atoms. The van der Waals surface area contributed by atoms with E-state index in [1.165, 1.54) is 16.7 Å². The van der Waals surface area contributed by atoms with E-state index in [1.54, 1.807) is 0 Å². The second-order valence-electron chi connectivity index (χ2n) is 6.43. The van der Waals surface area contributed by atoms with Crippen LogP contribution in [0, 0.1) is 6.92 Å². The molecule has 3 aromatic carbocycles. The molecule has 0 saturated heterocycles. The van der Waals surface area contributed by atoms with Gasteiger partial charge in [-0.25, -0.2) is 0 Å². The summed E-state index contributed by atoms with van der Waals surface area (Å²) in [6.07, 6.45) is 2.11. The normalized spacial score (nSPS) is 11.8. The second-order valence-corrected chi connectivity index (χ2v) is 7.39. The minimum Gasteiger partial charge on any atom is -0.0623 e. The van der Waals surface area contributed by atoms with Crippen LogP contribution in [-0.4, -0.2) is 17.3 Å². The van der Waals surface area contributed by atoms with E-state index in [-0.39, 0.29) is 0 Å². The standard InChI is InChI=1S/C11H12BNS.C7H7Cl.C6H6/c14-11-7-6-10(12-11)13-8-9-4-2-1-3-5-9;1-6-2-4-7(8)5-3-6;1-2-4-6-5-3-1/h1-5,13H,6-8H2;2-5H,1H3;1-6H. The maximum atomic E-state index is 5.61. The van der Waals surface area contributed by atoms with Crippen LogP contribution in [0.15, 0.2) is 91.0 Å². The molecule has 0 aliphatic carbocycles. The van der Waals surface area contributed by atoms with Gasteiger partial charge in [0.05, 0.1) is 0 Å². The number of nitrogens with one attached hydrogen (secondary N) is 1. The zero-order chi connectivity index (χ0) is 20.0. The van der Waals surface area contributed by atoms with Crippen molar-refractivity contribution in [1.82, 2.24) is 5.32 Å². The van der Waals surface area contributed by atoms with E-state index in [0.29, 0.717) is 0 Å². The minimum absolute atomic E-state index is 0.801. The molecule has 3 aromatic rings. The van der Waals surface area contributed by atoms with Gasteiger partial charge in [-0.3, -0.25) is 0 Å². The van der Waals surface area contributed by atoms with Crippen molar-refractivity contribution < 1.29 is 0 Å². The van der Waals surface area contributed by atoms with Crippen molar-refractivity contribution in [2.24, 2.45) is 0 Å². The maximum Gasteiger partial charge on any atom is -0.0623 e. The van der Waals surface area contributed by atoms with E-state index < -0.39 is 0 Å².